The van der Waals surface area contributed by atoms with E-state index in [2.05, 4.69) is 15.4 Å². The first kappa shape index (κ1) is 16.2. The van der Waals surface area contributed by atoms with Gasteiger partial charge in [-0.3, -0.25) is 9.36 Å². The number of H-pyrrole nitrogens is 1. The van der Waals surface area contributed by atoms with Gasteiger partial charge in [0.2, 0.25) is 0 Å². The summed E-state index contributed by atoms with van der Waals surface area (Å²) in [4.78, 5) is 26.9. The number of nitrogens with one attached hydrogen (secondary N) is 2. The number of carbonyl (C=O) groups is 1. The van der Waals surface area contributed by atoms with Crippen LogP contribution in [0.1, 0.15) is 10.4 Å². The minimum atomic E-state index is -0.304. The van der Waals surface area contributed by atoms with Gasteiger partial charge in [-0.25, -0.2) is 9.48 Å². The summed E-state index contributed by atoms with van der Waals surface area (Å²) in [6.07, 6.45) is 1.75. The second kappa shape index (κ2) is 6.20. The van der Waals surface area contributed by atoms with Crippen molar-refractivity contribution in [3.05, 3.63) is 75.8 Å². The van der Waals surface area contributed by atoms with E-state index in [4.69, 9.17) is 11.6 Å². The summed E-state index contributed by atoms with van der Waals surface area (Å²) in [6, 6.07) is 13.9. The third-order valence-electron chi connectivity index (χ3n) is 4.09. The van der Waals surface area contributed by atoms with Gasteiger partial charge in [0.25, 0.3) is 5.91 Å². The maximum Gasteiger partial charge on any atom is 0.326 e. The molecule has 1 amide bonds. The number of carbonyl (C=O) groups excluding carboxylic acids is 1. The molecule has 0 atom stereocenters. The number of benzene rings is 2. The van der Waals surface area contributed by atoms with Gasteiger partial charge in [0.05, 0.1) is 16.7 Å². The van der Waals surface area contributed by atoms with Gasteiger partial charge < -0.3 is 10.3 Å². The molecular weight excluding hydrogens is 354 g/mol. The highest BCUT2D eigenvalue weighted by Gasteiger charge is 2.11. The van der Waals surface area contributed by atoms with Crippen LogP contribution in [-0.2, 0) is 7.05 Å². The zero-order chi connectivity index (χ0) is 18.3. The second-order valence-corrected chi connectivity index (χ2v) is 6.23. The lowest BCUT2D eigenvalue weighted by molar-refractivity contribution is 0.102. The lowest BCUT2D eigenvalue weighted by Crippen LogP contribution is -2.13. The number of aromatic nitrogens is 4. The van der Waals surface area contributed by atoms with E-state index in [1.165, 1.54) is 4.57 Å². The van der Waals surface area contributed by atoms with Crippen LogP contribution in [-0.4, -0.2) is 25.2 Å². The zero-order valence-electron chi connectivity index (χ0n) is 13.7. The topological polar surface area (TPSA) is 84.7 Å². The fourth-order valence-electron chi connectivity index (χ4n) is 2.68. The van der Waals surface area contributed by atoms with Crippen molar-refractivity contribution >= 4 is 34.4 Å². The first-order valence-corrected chi connectivity index (χ1v) is 8.21. The number of hydrogen-bond acceptors (Lipinski definition) is 3. The Morgan fingerprint density at radius 1 is 1.15 bits per heavy atom. The van der Waals surface area contributed by atoms with Crippen molar-refractivity contribution in [2.45, 2.75) is 0 Å². The molecule has 0 aliphatic heterocycles. The van der Waals surface area contributed by atoms with Crippen LogP contribution in [0.5, 0.6) is 0 Å². The van der Waals surface area contributed by atoms with Crippen LogP contribution in [0.3, 0.4) is 0 Å². The number of imidazole rings is 1. The number of anilines is 1. The summed E-state index contributed by atoms with van der Waals surface area (Å²) < 4.78 is 3.10. The fraction of sp³-hybridized carbons (Fsp3) is 0.0556. The number of nitrogens with zero attached hydrogens (tertiary/aromatic N) is 3. The summed E-state index contributed by atoms with van der Waals surface area (Å²) >= 11 is 5.88. The maximum atomic E-state index is 12.5. The van der Waals surface area contributed by atoms with E-state index in [1.54, 1.807) is 54.3 Å². The number of fused-ring (bicyclic) bond motifs is 1. The minimum absolute atomic E-state index is 0.223. The summed E-state index contributed by atoms with van der Waals surface area (Å²) in [5.41, 5.74) is 2.39. The minimum Gasteiger partial charge on any atom is -0.306 e. The van der Waals surface area contributed by atoms with Gasteiger partial charge in [-0.1, -0.05) is 11.6 Å². The largest absolute Gasteiger partial charge is 0.326 e. The van der Waals surface area contributed by atoms with Gasteiger partial charge in [-0.05, 0) is 42.5 Å². The van der Waals surface area contributed by atoms with Crippen LogP contribution >= 0.6 is 11.6 Å². The number of amides is 1. The monoisotopic (exact) mass is 367 g/mol. The third-order valence-corrected chi connectivity index (χ3v) is 4.34. The summed E-state index contributed by atoms with van der Waals surface area (Å²) in [5, 5.41) is 7.74. The summed E-state index contributed by atoms with van der Waals surface area (Å²) in [6.45, 7) is 0. The van der Waals surface area contributed by atoms with Crippen molar-refractivity contribution in [3.8, 4) is 5.69 Å². The summed E-state index contributed by atoms with van der Waals surface area (Å²) in [5.74, 6) is 0.120. The lowest BCUT2D eigenvalue weighted by atomic mass is 10.2. The number of aryl methyl sites for hydroxylation is 1. The molecule has 0 saturated heterocycles. The van der Waals surface area contributed by atoms with Crippen LogP contribution in [0, 0.1) is 0 Å². The van der Waals surface area contributed by atoms with E-state index in [1.807, 2.05) is 12.1 Å². The predicted molar refractivity (Wildman–Crippen MR) is 100 cm³/mol. The van der Waals surface area contributed by atoms with E-state index in [0.29, 0.717) is 27.4 Å². The van der Waals surface area contributed by atoms with Gasteiger partial charge in [0.1, 0.15) is 0 Å². The van der Waals surface area contributed by atoms with Gasteiger partial charge in [-0.15, -0.1) is 0 Å². The number of hydrogen-bond donors (Lipinski definition) is 2. The van der Waals surface area contributed by atoms with Gasteiger partial charge in [0, 0.05) is 29.9 Å². The molecule has 0 radical (unpaired) electrons. The van der Waals surface area contributed by atoms with Crippen molar-refractivity contribution in [2.75, 3.05) is 5.32 Å². The van der Waals surface area contributed by atoms with Crippen molar-refractivity contribution in [1.29, 1.82) is 0 Å². The highest BCUT2D eigenvalue weighted by atomic mass is 35.5. The van der Waals surface area contributed by atoms with Crippen LogP contribution in [0.2, 0.25) is 5.02 Å². The highest BCUT2D eigenvalue weighted by molar-refractivity contribution is 6.30. The molecule has 0 saturated carbocycles. The molecule has 0 unspecified atom stereocenters. The van der Waals surface area contributed by atoms with Crippen LogP contribution in [0.25, 0.3) is 16.7 Å². The molecule has 4 rings (SSSR count). The first-order valence-electron chi connectivity index (χ1n) is 7.83. The molecule has 0 aliphatic carbocycles. The zero-order valence-corrected chi connectivity index (χ0v) is 14.5. The molecule has 2 aromatic heterocycles. The summed E-state index contributed by atoms with van der Waals surface area (Å²) in [7, 11) is 1.65. The van der Waals surface area contributed by atoms with E-state index >= 15 is 0 Å². The Morgan fingerprint density at radius 3 is 2.69 bits per heavy atom. The predicted octanol–water partition coefficient (Wildman–Crippen LogP) is 2.96. The SMILES string of the molecule is Cn1c(=O)[nH]c2ccc(C(=O)Nc3ccn(-c4ccc(Cl)cc4)n3)cc21. The Kier molecular flexibility index (Phi) is 3.85. The molecule has 2 aromatic carbocycles. The van der Waals surface area contributed by atoms with Crippen molar-refractivity contribution < 1.29 is 4.79 Å². The smallest absolute Gasteiger partial charge is 0.306 e. The first-order chi connectivity index (χ1) is 12.5. The molecule has 8 heteroatoms. The van der Waals surface area contributed by atoms with Crippen molar-refractivity contribution in [1.82, 2.24) is 19.3 Å². The van der Waals surface area contributed by atoms with Gasteiger partial charge in [-0.2, -0.15) is 5.10 Å². The second-order valence-electron chi connectivity index (χ2n) is 5.80. The van der Waals surface area contributed by atoms with Crippen LogP contribution in [0.4, 0.5) is 5.82 Å². The Bertz CT molecular complexity index is 1170. The van der Waals surface area contributed by atoms with Gasteiger partial charge in [0.15, 0.2) is 5.82 Å². The molecule has 0 spiro atoms. The Morgan fingerprint density at radius 2 is 1.92 bits per heavy atom. The molecule has 2 heterocycles. The molecular formula is C18H14ClN5O2. The molecule has 4 aromatic rings. The average molecular weight is 368 g/mol. The van der Waals surface area contributed by atoms with E-state index in [0.717, 1.165) is 5.69 Å². The van der Waals surface area contributed by atoms with Crippen molar-refractivity contribution in [2.24, 2.45) is 7.05 Å². The number of halogens is 1. The number of aromatic amines is 1. The molecule has 0 aliphatic rings. The standard InChI is InChI=1S/C18H14ClN5O2/c1-23-15-10-11(2-7-14(15)20-18(23)26)17(25)21-16-8-9-24(22-16)13-5-3-12(19)4-6-13/h2-10H,1H3,(H,20,26)(H,21,22,25). The molecule has 2 N–H and O–H groups in total. The van der Waals surface area contributed by atoms with E-state index < -0.39 is 0 Å². The Hall–Kier alpha value is -3.32. The van der Waals surface area contributed by atoms with Gasteiger partial charge >= 0.3 is 5.69 Å². The molecule has 0 bridgehead atoms. The number of rotatable bonds is 3. The fourth-order valence-corrected chi connectivity index (χ4v) is 2.81. The molecule has 26 heavy (non-hydrogen) atoms. The van der Waals surface area contributed by atoms with Crippen LogP contribution < -0.4 is 11.0 Å². The van der Waals surface area contributed by atoms with Crippen LogP contribution in [0.15, 0.2) is 59.5 Å². The normalized spacial score (nSPS) is 11.0. The lowest BCUT2D eigenvalue weighted by Gasteiger charge is -2.04. The molecule has 130 valence electrons. The average Bonchev–Trinajstić information content (AvgIpc) is 3.20. The highest BCUT2D eigenvalue weighted by Crippen LogP contribution is 2.16. The Labute approximate surface area is 152 Å². The van der Waals surface area contributed by atoms with E-state index in [9.17, 15) is 9.59 Å². The Balaban J connectivity index is 1.57. The van der Waals surface area contributed by atoms with E-state index in [-0.39, 0.29) is 11.6 Å². The molecule has 7 nitrogen and oxygen atoms in total. The van der Waals surface area contributed by atoms with Crippen molar-refractivity contribution in [3.63, 3.8) is 0 Å². The third kappa shape index (κ3) is 2.89. The molecule has 0 fully saturated rings. The quantitative estimate of drug-likeness (QED) is 0.583. The maximum absolute atomic E-state index is 12.5.